The number of nitrogens with one attached hydrogen (secondary N) is 2. The molecule has 2 aromatic heterocycles. The SMILES string of the molecule is O=C(Nc1ccc(N2CCNCC2)cc1)c1ccn2ncc(-c3ccccc3)c2n1. The summed E-state index contributed by atoms with van der Waals surface area (Å²) in [4.78, 5) is 19.7. The molecule has 0 atom stereocenters. The number of nitrogens with zero attached hydrogens (tertiary/aromatic N) is 4. The van der Waals surface area contributed by atoms with E-state index in [-0.39, 0.29) is 5.91 Å². The van der Waals surface area contributed by atoms with Gasteiger partial charge >= 0.3 is 0 Å². The van der Waals surface area contributed by atoms with Crippen molar-refractivity contribution >= 4 is 22.9 Å². The van der Waals surface area contributed by atoms with E-state index in [0.717, 1.165) is 43.0 Å². The van der Waals surface area contributed by atoms with Crippen molar-refractivity contribution in [1.29, 1.82) is 0 Å². The van der Waals surface area contributed by atoms with Gasteiger partial charge in [0.1, 0.15) is 5.69 Å². The van der Waals surface area contributed by atoms with Crippen molar-refractivity contribution in [3.8, 4) is 11.1 Å². The minimum Gasteiger partial charge on any atom is -0.369 e. The van der Waals surface area contributed by atoms with Gasteiger partial charge in [-0.15, -0.1) is 0 Å². The Bertz CT molecular complexity index is 1160. The molecule has 150 valence electrons. The van der Waals surface area contributed by atoms with Gasteiger partial charge in [0.25, 0.3) is 5.91 Å². The maximum Gasteiger partial charge on any atom is 0.274 e. The molecule has 3 heterocycles. The summed E-state index contributed by atoms with van der Waals surface area (Å²) in [5.41, 5.74) is 4.83. The van der Waals surface area contributed by atoms with Crippen LogP contribution in [0.3, 0.4) is 0 Å². The van der Waals surface area contributed by atoms with E-state index in [1.807, 2.05) is 54.6 Å². The molecular weight excluding hydrogens is 376 g/mol. The molecule has 0 spiro atoms. The fourth-order valence-electron chi connectivity index (χ4n) is 3.69. The summed E-state index contributed by atoms with van der Waals surface area (Å²) in [7, 11) is 0. The van der Waals surface area contributed by atoms with Gasteiger partial charge in [-0.1, -0.05) is 30.3 Å². The summed E-state index contributed by atoms with van der Waals surface area (Å²) in [6.45, 7) is 3.97. The topological polar surface area (TPSA) is 74.6 Å². The Morgan fingerprint density at radius 2 is 1.73 bits per heavy atom. The predicted molar refractivity (Wildman–Crippen MR) is 118 cm³/mol. The second kappa shape index (κ2) is 7.96. The Kier molecular flexibility index (Phi) is 4.86. The average Bonchev–Trinajstić information content (AvgIpc) is 3.24. The number of piperazine rings is 1. The van der Waals surface area contributed by atoms with E-state index in [1.165, 1.54) is 5.69 Å². The Balaban J connectivity index is 1.36. The summed E-state index contributed by atoms with van der Waals surface area (Å²) in [6.07, 6.45) is 3.53. The quantitative estimate of drug-likeness (QED) is 0.553. The highest BCUT2D eigenvalue weighted by Crippen LogP contribution is 2.23. The summed E-state index contributed by atoms with van der Waals surface area (Å²) >= 11 is 0. The van der Waals surface area contributed by atoms with Crippen molar-refractivity contribution in [1.82, 2.24) is 19.9 Å². The standard InChI is InChI=1S/C23H22N6O/c30-23(26-18-6-8-19(9-7-18)28-14-11-24-12-15-28)21-10-13-29-22(27-21)20(16-25-29)17-4-2-1-3-5-17/h1-10,13,16,24H,11-12,14-15H2,(H,26,30). The Labute approximate surface area is 174 Å². The van der Waals surface area contributed by atoms with Gasteiger partial charge in [0.2, 0.25) is 0 Å². The molecule has 1 saturated heterocycles. The van der Waals surface area contributed by atoms with Crippen LogP contribution in [0.1, 0.15) is 10.5 Å². The van der Waals surface area contributed by atoms with Crippen LogP contribution in [-0.4, -0.2) is 46.7 Å². The summed E-state index contributed by atoms with van der Waals surface area (Å²) in [6, 6.07) is 19.6. The first-order valence-electron chi connectivity index (χ1n) is 10.0. The number of hydrogen-bond donors (Lipinski definition) is 2. The third kappa shape index (κ3) is 3.62. The first-order valence-corrected chi connectivity index (χ1v) is 10.0. The summed E-state index contributed by atoms with van der Waals surface area (Å²) in [5.74, 6) is -0.243. The molecule has 2 N–H and O–H groups in total. The molecule has 0 unspecified atom stereocenters. The molecule has 0 aliphatic carbocycles. The van der Waals surface area contributed by atoms with E-state index in [1.54, 1.807) is 23.0 Å². The molecule has 7 nitrogen and oxygen atoms in total. The largest absolute Gasteiger partial charge is 0.369 e. The maximum absolute atomic E-state index is 12.8. The fraction of sp³-hybridized carbons (Fsp3) is 0.174. The van der Waals surface area contributed by atoms with Crippen molar-refractivity contribution < 1.29 is 4.79 Å². The lowest BCUT2D eigenvalue weighted by atomic mass is 10.1. The van der Waals surface area contributed by atoms with Crippen LogP contribution in [-0.2, 0) is 0 Å². The lowest BCUT2D eigenvalue weighted by Gasteiger charge is -2.29. The monoisotopic (exact) mass is 398 g/mol. The van der Waals surface area contributed by atoms with Crippen molar-refractivity contribution in [2.75, 3.05) is 36.4 Å². The van der Waals surface area contributed by atoms with Gasteiger partial charge in [-0.3, -0.25) is 4.79 Å². The van der Waals surface area contributed by atoms with E-state index >= 15 is 0 Å². The zero-order valence-corrected chi connectivity index (χ0v) is 16.5. The fourth-order valence-corrected chi connectivity index (χ4v) is 3.69. The van der Waals surface area contributed by atoms with E-state index < -0.39 is 0 Å². The van der Waals surface area contributed by atoms with Crippen LogP contribution in [0.2, 0.25) is 0 Å². The number of fused-ring (bicyclic) bond motifs is 1. The highest BCUT2D eigenvalue weighted by atomic mass is 16.1. The van der Waals surface area contributed by atoms with Crippen LogP contribution in [0.4, 0.5) is 11.4 Å². The molecule has 30 heavy (non-hydrogen) atoms. The van der Waals surface area contributed by atoms with Gasteiger partial charge in [0.15, 0.2) is 5.65 Å². The lowest BCUT2D eigenvalue weighted by molar-refractivity contribution is 0.102. The van der Waals surface area contributed by atoms with Crippen molar-refractivity contribution in [2.45, 2.75) is 0 Å². The number of benzene rings is 2. The Morgan fingerprint density at radius 1 is 0.967 bits per heavy atom. The first-order chi connectivity index (χ1) is 14.8. The molecule has 4 aromatic rings. The number of carbonyl (C=O) groups is 1. The van der Waals surface area contributed by atoms with Gasteiger partial charge in [0.05, 0.1) is 6.20 Å². The van der Waals surface area contributed by atoms with Crippen molar-refractivity contribution in [2.24, 2.45) is 0 Å². The summed E-state index contributed by atoms with van der Waals surface area (Å²) < 4.78 is 1.68. The molecule has 0 bridgehead atoms. The number of hydrogen-bond acceptors (Lipinski definition) is 5. The number of rotatable bonds is 4. The lowest BCUT2D eigenvalue weighted by Crippen LogP contribution is -2.43. The zero-order valence-electron chi connectivity index (χ0n) is 16.5. The number of amides is 1. The summed E-state index contributed by atoms with van der Waals surface area (Å²) in [5, 5.41) is 10.6. The maximum atomic E-state index is 12.8. The minimum absolute atomic E-state index is 0.243. The van der Waals surface area contributed by atoms with E-state index in [0.29, 0.717) is 11.3 Å². The van der Waals surface area contributed by atoms with Crippen LogP contribution in [0.25, 0.3) is 16.8 Å². The van der Waals surface area contributed by atoms with Crippen LogP contribution in [0.5, 0.6) is 0 Å². The second-order valence-corrected chi connectivity index (χ2v) is 7.24. The van der Waals surface area contributed by atoms with E-state index in [9.17, 15) is 4.79 Å². The minimum atomic E-state index is -0.243. The molecule has 0 saturated carbocycles. The van der Waals surface area contributed by atoms with Crippen LogP contribution in [0, 0.1) is 0 Å². The third-order valence-corrected chi connectivity index (χ3v) is 5.29. The Morgan fingerprint density at radius 3 is 2.50 bits per heavy atom. The molecule has 5 rings (SSSR count). The molecule has 1 aliphatic heterocycles. The molecule has 1 fully saturated rings. The predicted octanol–water partition coefficient (Wildman–Crippen LogP) is 3.06. The second-order valence-electron chi connectivity index (χ2n) is 7.24. The Hall–Kier alpha value is -3.71. The molecule has 2 aromatic carbocycles. The van der Waals surface area contributed by atoms with Gasteiger partial charge in [-0.2, -0.15) is 5.10 Å². The van der Waals surface area contributed by atoms with Gasteiger partial charge in [-0.25, -0.2) is 9.50 Å². The average molecular weight is 398 g/mol. The molecule has 1 aliphatic rings. The van der Waals surface area contributed by atoms with Gasteiger partial charge in [0, 0.05) is 49.3 Å². The third-order valence-electron chi connectivity index (χ3n) is 5.29. The molecule has 1 amide bonds. The number of aromatic nitrogens is 3. The van der Waals surface area contributed by atoms with Gasteiger partial charge in [-0.05, 0) is 35.9 Å². The molecular formula is C23H22N6O. The number of carbonyl (C=O) groups excluding carboxylic acids is 1. The highest BCUT2D eigenvalue weighted by Gasteiger charge is 2.14. The zero-order chi connectivity index (χ0) is 20.3. The highest BCUT2D eigenvalue weighted by molar-refractivity contribution is 6.03. The smallest absolute Gasteiger partial charge is 0.274 e. The van der Waals surface area contributed by atoms with E-state index in [2.05, 4.69) is 25.6 Å². The van der Waals surface area contributed by atoms with E-state index in [4.69, 9.17) is 0 Å². The molecule has 7 heteroatoms. The normalized spacial score (nSPS) is 14.1. The first kappa shape index (κ1) is 18.3. The van der Waals surface area contributed by atoms with Crippen LogP contribution < -0.4 is 15.5 Å². The van der Waals surface area contributed by atoms with Crippen molar-refractivity contribution in [3.05, 3.63) is 78.8 Å². The van der Waals surface area contributed by atoms with Crippen LogP contribution in [0.15, 0.2) is 73.1 Å². The number of anilines is 2. The molecule has 0 radical (unpaired) electrons. The van der Waals surface area contributed by atoms with Crippen LogP contribution >= 0.6 is 0 Å². The van der Waals surface area contributed by atoms with Crippen molar-refractivity contribution in [3.63, 3.8) is 0 Å². The van der Waals surface area contributed by atoms with Gasteiger partial charge < -0.3 is 15.5 Å².